The van der Waals surface area contributed by atoms with Gasteiger partial charge in [0.25, 0.3) is 0 Å². The van der Waals surface area contributed by atoms with Crippen LogP contribution in [0.25, 0.3) is 0 Å². The summed E-state index contributed by atoms with van der Waals surface area (Å²) in [7, 11) is 0. The van der Waals surface area contributed by atoms with E-state index in [1.54, 1.807) is 0 Å². The Balaban J connectivity index is 2.21. The Morgan fingerprint density at radius 2 is 2.31 bits per heavy atom. The van der Waals surface area contributed by atoms with E-state index in [1.165, 1.54) is 23.3 Å². The molecule has 16 heavy (non-hydrogen) atoms. The fourth-order valence-electron chi connectivity index (χ4n) is 1.17. The molecule has 0 saturated carbocycles. The molecule has 0 aliphatic carbocycles. The first-order valence-corrected chi connectivity index (χ1v) is 6.62. The molecule has 2 aromatic rings. The van der Waals surface area contributed by atoms with E-state index in [-0.39, 0.29) is 0 Å². The van der Waals surface area contributed by atoms with Gasteiger partial charge in [-0.15, -0.1) is 0 Å². The zero-order valence-electron chi connectivity index (χ0n) is 8.61. The van der Waals surface area contributed by atoms with Crippen LogP contribution in [0.4, 0.5) is 0 Å². The van der Waals surface area contributed by atoms with E-state index in [4.69, 9.17) is 17.3 Å². The molecule has 1 aromatic carbocycles. The minimum atomic E-state index is 0.503. The van der Waals surface area contributed by atoms with E-state index >= 15 is 0 Å². The van der Waals surface area contributed by atoms with Crippen LogP contribution in [0.15, 0.2) is 27.4 Å². The summed E-state index contributed by atoms with van der Waals surface area (Å²) in [5.41, 5.74) is 6.57. The summed E-state index contributed by atoms with van der Waals surface area (Å²) in [6.07, 6.45) is 0. The summed E-state index contributed by atoms with van der Waals surface area (Å²) >= 11 is 9.05. The van der Waals surface area contributed by atoms with Crippen molar-refractivity contribution >= 4 is 34.9 Å². The Hall–Kier alpha value is -0.620. The van der Waals surface area contributed by atoms with E-state index in [2.05, 4.69) is 9.36 Å². The maximum Gasteiger partial charge on any atom is 0.174 e. The van der Waals surface area contributed by atoms with Gasteiger partial charge in [0.1, 0.15) is 5.82 Å². The first-order valence-electron chi connectivity index (χ1n) is 4.65. The molecule has 2 rings (SSSR count). The number of hydrogen-bond donors (Lipinski definition) is 1. The molecular weight excluding hydrogens is 262 g/mol. The first-order chi connectivity index (χ1) is 7.69. The number of halogens is 1. The lowest BCUT2D eigenvalue weighted by molar-refractivity contribution is 1.06. The predicted molar refractivity (Wildman–Crippen MR) is 68.1 cm³/mol. The molecule has 84 valence electrons. The average molecular weight is 272 g/mol. The molecule has 0 unspecified atom stereocenters. The Bertz CT molecular complexity index is 499. The maximum atomic E-state index is 6.14. The fourth-order valence-corrected chi connectivity index (χ4v) is 3.10. The zero-order valence-corrected chi connectivity index (χ0v) is 11.0. The third-order valence-corrected chi connectivity index (χ3v) is 4.28. The molecule has 1 aromatic heterocycles. The second-order valence-electron chi connectivity index (χ2n) is 3.18. The number of aromatic nitrogens is 2. The topological polar surface area (TPSA) is 51.8 Å². The maximum absolute atomic E-state index is 6.14. The van der Waals surface area contributed by atoms with Gasteiger partial charge in [-0.1, -0.05) is 29.4 Å². The van der Waals surface area contributed by atoms with Gasteiger partial charge < -0.3 is 5.73 Å². The normalized spacial score (nSPS) is 10.7. The Kier molecular flexibility index (Phi) is 3.81. The van der Waals surface area contributed by atoms with E-state index in [0.29, 0.717) is 11.6 Å². The molecule has 2 N–H and O–H groups in total. The molecule has 0 bridgehead atoms. The lowest BCUT2D eigenvalue weighted by Crippen LogP contribution is -1.95. The number of aryl methyl sites for hydroxylation is 1. The van der Waals surface area contributed by atoms with Gasteiger partial charge in [-0.3, -0.25) is 0 Å². The molecular formula is C10H10ClN3S2. The van der Waals surface area contributed by atoms with E-state index in [1.807, 2.05) is 25.1 Å². The second-order valence-corrected chi connectivity index (χ2v) is 5.63. The van der Waals surface area contributed by atoms with Gasteiger partial charge >= 0.3 is 0 Å². The Morgan fingerprint density at radius 3 is 2.88 bits per heavy atom. The van der Waals surface area contributed by atoms with Crippen molar-refractivity contribution in [3.05, 3.63) is 34.6 Å². The summed E-state index contributed by atoms with van der Waals surface area (Å²) in [5.74, 6) is 0.794. The van der Waals surface area contributed by atoms with E-state index < -0.39 is 0 Å². The van der Waals surface area contributed by atoms with Crippen LogP contribution in [-0.4, -0.2) is 9.36 Å². The molecule has 0 saturated heterocycles. The Morgan fingerprint density at radius 1 is 1.50 bits per heavy atom. The minimum absolute atomic E-state index is 0.503. The van der Waals surface area contributed by atoms with Crippen LogP contribution in [-0.2, 0) is 6.54 Å². The molecule has 0 amide bonds. The van der Waals surface area contributed by atoms with Gasteiger partial charge in [0.15, 0.2) is 4.34 Å². The van der Waals surface area contributed by atoms with Crippen molar-refractivity contribution in [2.24, 2.45) is 5.73 Å². The van der Waals surface area contributed by atoms with Crippen molar-refractivity contribution < 1.29 is 0 Å². The van der Waals surface area contributed by atoms with Gasteiger partial charge in [-0.05, 0) is 36.2 Å². The summed E-state index contributed by atoms with van der Waals surface area (Å²) in [5, 5.41) is 0.709. The third kappa shape index (κ3) is 2.74. The average Bonchev–Trinajstić information content (AvgIpc) is 2.67. The molecule has 0 radical (unpaired) electrons. The van der Waals surface area contributed by atoms with Gasteiger partial charge in [0.2, 0.25) is 0 Å². The van der Waals surface area contributed by atoms with E-state index in [9.17, 15) is 0 Å². The quantitative estimate of drug-likeness (QED) is 0.932. The van der Waals surface area contributed by atoms with Crippen molar-refractivity contribution in [1.29, 1.82) is 0 Å². The van der Waals surface area contributed by atoms with Gasteiger partial charge in [-0.25, -0.2) is 4.98 Å². The highest BCUT2D eigenvalue weighted by atomic mass is 35.5. The van der Waals surface area contributed by atoms with Crippen LogP contribution in [0.1, 0.15) is 11.4 Å². The molecule has 0 fully saturated rings. The van der Waals surface area contributed by atoms with Crippen molar-refractivity contribution in [2.45, 2.75) is 22.7 Å². The van der Waals surface area contributed by atoms with Crippen LogP contribution < -0.4 is 5.73 Å². The monoisotopic (exact) mass is 271 g/mol. The van der Waals surface area contributed by atoms with Crippen LogP contribution >= 0.6 is 34.9 Å². The largest absolute Gasteiger partial charge is 0.326 e. The number of benzene rings is 1. The minimum Gasteiger partial charge on any atom is -0.326 e. The van der Waals surface area contributed by atoms with Crippen molar-refractivity contribution in [3.8, 4) is 0 Å². The van der Waals surface area contributed by atoms with Crippen LogP contribution in [0.3, 0.4) is 0 Å². The van der Waals surface area contributed by atoms with Crippen molar-refractivity contribution in [3.63, 3.8) is 0 Å². The molecule has 0 aliphatic heterocycles. The SMILES string of the molecule is Cc1nsc(Sc2ccc(CN)cc2Cl)n1. The number of nitrogens with two attached hydrogens (primary N) is 1. The van der Waals surface area contributed by atoms with Crippen molar-refractivity contribution in [1.82, 2.24) is 9.36 Å². The van der Waals surface area contributed by atoms with Crippen molar-refractivity contribution in [2.75, 3.05) is 0 Å². The van der Waals surface area contributed by atoms with Crippen LogP contribution in [0.5, 0.6) is 0 Å². The summed E-state index contributed by atoms with van der Waals surface area (Å²) in [6, 6.07) is 5.83. The standard InChI is InChI=1S/C10H10ClN3S2/c1-6-13-10(16-14-6)15-9-3-2-7(5-12)4-8(9)11/h2-4H,5,12H2,1H3. The highest BCUT2D eigenvalue weighted by molar-refractivity contribution is 8.01. The van der Waals surface area contributed by atoms with Gasteiger partial charge in [-0.2, -0.15) is 4.37 Å². The van der Waals surface area contributed by atoms with Gasteiger partial charge in [0.05, 0.1) is 5.02 Å². The molecule has 0 aliphatic rings. The number of rotatable bonds is 3. The van der Waals surface area contributed by atoms with Gasteiger partial charge in [0, 0.05) is 11.4 Å². The highest BCUT2D eigenvalue weighted by Crippen LogP contribution is 2.34. The highest BCUT2D eigenvalue weighted by Gasteiger charge is 2.07. The third-order valence-electron chi connectivity index (χ3n) is 1.94. The second kappa shape index (κ2) is 5.14. The summed E-state index contributed by atoms with van der Waals surface area (Å²) < 4.78 is 5.03. The van der Waals surface area contributed by atoms with Crippen LogP contribution in [0.2, 0.25) is 5.02 Å². The van der Waals surface area contributed by atoms with E-state index in [0.717, 1.165) is 20.6 Å². The summed E-state index contributed by atoms with van der Waals surface area (Å²) in [6.45, 7) is 2.38. The Labute approximate surface area is 107 Å². The number of nitrogens with zero attached hydrogens (tertiary/aromatic N) is 2. The lowest BCUT2D eigenvalue weighted by atomic mass is 10.2. The van der Waals surface area contributed by atoms with Crippen LogP contribution in [0, 0.1) is 6.92 Å². The predicted octanol–water partition coefficient (Wildman–Crippen LogP) is 3.11. The smallest absolute Gasteiger partial charge is 0.174 e. The molecule has 6 heteroatoms. The number of hydrogen-bond acceptors (Lipinski definition) is 5. The summed E-state index contributed by atoms with van der Waals surface area (Å²) in [4.78, 5) is 5.26. The molecule has 0 spiro atoms. The molecule has 3 nitrogen and oxygen atoms in total. The zero-order chi connectivity index (χ0) is 11.5. The molecule has 1 heterocycles. The molecule has 0 atom stereocenters. The fraction of sp³-hybridized carbons (Fsp3) is 0.200. The first kappa shape index (κ1) is 11.9. The lowest BCUT2D eigenvalue weighted by Gasteiger charge is -2.03.